The molecule has 0 spiro atoms. The molecule has 9 heteroatoms. The van der Waals surface area contributed by atoms with E-state index in [0.29, 0.717) is 24.1 Å². The number of nitrogens with zero attached hydrogens (tertiary/aromatic N) is 2. The summed E-state index contributed by atoms with van der Waals surface area (Å²) >= 11 is 1.39. The predicted octanol–water partition coefficient (Wildman–Crippen LogP) is 6.29. The van der Waals surface area contributed by atoms with E-state index in [2.05, 4.69) is 29.6 Å². The van der Waals surface area contributed by atoms with Gasteiger partial charge in [-0.3, -0.25) is 4.79 Å². The first-order valence-corrected chi connectivity index (χ1v) is 18.2. The van der Waals surface area contributed by atoms with E-state index in [0.717, 1.165) is 34.0 Å². The molecule has 0 unspecified atom stereocenters. The summed E-state index contributed by atoms with van der Waals surface area (Å²) in [6.07, 6.45) is 7.63. The normalized spacial score (nSPS) is 19.9. The summed E-state index contributed by atoms with van der Waals surface area (Å²) in [4.78, 5) is 20.9. The van der Waals surface area contributed by atoms with Gasteiger partial charge in [0, 0.05) is 43.7 Å². The monoisotopic (exact) mass is 528 g/mol. The van der Waals surface area contributed by atoms with Crippen LogP contribution in [0.5, 0.6) is 0 Å². The number of rotatable bonds is 8. The van der Waals surface area contributed by atoms with Crippen LogP contribution in [0.1, 0.15) is 37.0 Å². The quantitative estimate of drug-likeness (QED) is 0.252. The zero-order valence-corrected chi connectivity index (χ0v) is 23.1. The van der Waals surface area contributed by atoms with E-state index in [9.17, 15) is 13.2 Å². The molecule has 3 aromatic rings. The number of esters is 1. The number of hydrogen-bond donors (Lipinski definition) is 0. The highest BCUT2D eigenvalue weighted by Crippen LogP contribution is 2.46. The van der Waals surface area contributed by atoms with Crippen LogP contribution in [0.4, 0.5) is 0 Å². The molecule has 4 rings (SSSR count). The number of thiophene rings is 1. The molecule has 0 amide bonds. The summed E-state index contributed by atoms with van der Waals surface area (Å²) in [6, 6.07) is 12.8. The van der Waals surface area contributed by atoms with Crippen LogP contribution in [-0.4, -0.2) is 38.2 Å². The van der Waals surface area contributed by atoms with Crippen molar-refractivity contribution in [2.24, 2.45) is 0 Å². The molecule has 0 N–H and O–H groups in total. The fourth-order valence-electron chi connectivity index (χ4n) is 4.38. The van der Waals surface area contributed by atoms with Gasteiger partial charge in [0.05, 0.1) is 10.6 Å². The molecule has 1 aliphatic heterocycles. The molecule has 35 heavy (non-hydrogen) atoms. The number of hydrogen-bond acceptors (Lipinski definition) is 7. The Morgan fingerprint density at radius 2 is 1.69 bits per heavy atom. The van der Waals surface area contributed by atoms with Crippen LogP contribution in [0.25, 0.3) is 21.6 Å². The van der Waals surface area contributed by atoms with Gasteiger partial charge in [0.25, 0.3) is 0 Å². The molecule has 3 heterocycles. The van der Waals surface area contributed by atoms with Crippen molar-refractivity contribution in [2.45, 2.75) is 62.7 Å². The Labute approximate surface area is 212 Å². The van der Waals surface area contributed by atoms with E-state index >= 15 is 0 Å². The number of benzene rings is 1. The maximum atomic E-state index is 13.3. The van der Waals surface area contributed by atoms with Crippen LogP contribution in [0.15, 0.2) is 55.1 Å². The summed E-state index contributed by atoms with van der Waals surface area (Å²) in [5, 5.41) is 0. The van der Waals surface area contributed by atoms with E-state index in [1.54, 1.807) is 12.4 Å². The summed E-state index contributed by atoms with van der Waals surface area (Å²) in [5.74, 6) is -0.380. The highest BCUT2D eigenvalue weighted by molar-refractivity contribution is 7.92. The summed E-state index contributed by atoms with van der Waals surface area (Å²) in [6.45, 7) is 6.79. The maximum Gasteiger partial charge on any atom is 0.307 e. The zero-order valence-electron chi connectivity index (χ0n) is 20.5. The van der Waals surface area contributed by atoms with E-state index < -0.39 is 28.8 Å². The molecule has 1 fully saturated rings. The molecule has 0 bridgehead atoms. The first-order valence-electron chi connectivity index (χ1n) is 12.0. The van der Waals surface area contributed by atoms with Crippen molar-refractivity contribution >= 4 is 35.2 Å². The van der Waals surface area contributed by atoms with Crippen molar-refractivity contribution in [3.63, 3.8) is 0 Å². The van der Waals surface area contributed by atoms with Crippen molar-refractivity contribution in [2.75, 3.05) is 5.75 Å². The summed E-state index contributed by atoms with van der Waals surface area (Å²) < 4.78 is 32.6. The topological polar surface area (TPSA) is 86.2 Å². The van der Waals surface area contributed by atoms with Gasteiger partial charge < -0.3 is 4.74 Å². The van der Waals surface area contributed by atoms with Crippen LogP contribution < -0.4 is 0 Å². The van der Waals surface area contributed by atoms with E-state index in [-0.39, 0.29) is 12.2 Å². The minimum atomic E-state index is -3.64. The van der Waals surface area contributed by atoms with Crippen molar-refractivity contribution in [1.29, 1.82) is 0 Å². The molecule has 0 aliphatic carbocycles. The Morgan fingerprint density at radius 1 is 1.00 bits per heavy atom. The van der Waals surface area contributed by atoms with Crippen LogP contribution in [0.2, 0.25) is 25.7 Å². The average molecular weight is 529 g/mol. The van der Waals surface area contributed by atoms with Crippen LogP contribution in [0.3, 0.4) is 0 Å². The Balaban J connectivity index is 1.59. The lowest BCUT2D eigenvalue weighted by molar-refractivity contribution is -0.153. The molecule has 186 valence electrons. The van der Waals surface area contributed by atoms with E-state index in [1.807, 2.05) is 36.4 Å². The standard InChI is InChI=1S/C26H32N2O4S2Si/c1-35(2,3)16-6-7-25(29)32-26(14-4-5-15-34(26,30)31)24-13-12-23(33-24)21-10-8-20(9-11-21)22-17-27-19-28-18-22/h8-13,17-19H,4-7,14-16H2,1-3H3/t26-/m0/s1. The molecule has 6 nitrogen and oxygen atoms in total. The number of aromatic nitrogens is 2. The highest BCUT2D eigenvalue weighted by atomic mass is 32.2. The van der Waals surface area contributed by atoms with Crippen LogP contribution in [0, 0.1) is 0 Å². The van der Waals surface area contributed by atoms with Crippen LogP contribution in [-0.2, 0) is 24.3 Å². The Kier molecular flexibility index (Phi) is 7.59. The van der Waals surface area contributed by atoms with Gasteiger partial charge in [-0.25, -0.2) is 18.4 Å². The predicted molar refractivity (Wildman–Crippen MR) is 144 cm³/mol. The minimum absolute atomic E-state index is 0.0380. The lowest BCUT2D eigenvalue weighted by Crippen LogP contribution is -2.44. The second-order valence-corrected chi connectivity index (χ2v) is 19.3. The first kappa shape index (κ1) is 25.7. The molecule has 1 aliphatic rings. The fourth-order valence-corrected chi connectivity index (χ4v) is 9.15. The molecule has 1 atom stereocenters. The molecule has 0 radical (unpaired) electrons. The molecular weight excluding hydrogens is 497 g/mol. The van der Waals surface area contributed by atoms with Crippen molar-refractivity contribution < 1.29 is 17.9 Å². The van der Waals surface area contributed by atoms with Crippen molar-refractivity contribution in [1.82, 2.24) is 9.97 Å². The van der Waals surface area contributed by atoms with Gasteiger partial charge in [0.15, 0.2) is 9.84 Å². The summed E-state index contributed by atoms with van der Waals surface area (Å²) in [7, 11) is -4.91. The Hall–Kier alpha value is -2.36. The van der Waals surface area contributed by atoms with Crippen molar-refractivity contribution in [3.8, 4) is 21.6 Å². The lowest BCUT2D eigenvalue weighted by Gasteiger charge is -2.35. The minimum Gasteiger partial charge on any atom is -0.437 e. The fraction of sp³-hybridized carbons (Fsp3) is 0.423. The first-order chi connectivity index (χ1) is 16.6. The smallest absolute Gasteiger partial charge is 0.307 e. The third-order valence-electron chi connectivity index (χ3n) is 6.30. The maximum absolute atomic E-state index is 13.3. The third-order valence-corrected chi connectivity index (χ3v) is 11.9. The Morgan fingerprint density at radius 3 is 2.34 bits per heavy atom. The second-order valence-electron chi connectivity index (χ2n) is 10.3. The van der Waals surface area contributed by atoms with Gasteiger partial charge in [0.1, 0.15) is 6.33 Å². The highest BCUT2D eigenvalue weighted by Gasteiger charge is 2.51. The molecule has 0 saturated carbocycles. The summed E-state index contributed by atoms with van der Waals surface area (Å²) in [5.41, 5.74) is 2.91. The molecular formula is C26H32N2O4S2Si. The zero-order chi connectivity index (χ0) is 25.1. The van der Waals surface area contributed by atoms with Crippen LogP contribution >= 0.6 is 11.3 Å². The van der Waals surface area contributed by atoms with Gasteiger partial charge in [-0.2, -0.15) is 0 Å². The van der Waals surface area contributed by atoms with Gasteiger partial charge in [0.2, 0.25) is 4.93 Å². The van der Waals surface area contributed by atoms with E-state index in [1.165, 1.54) is 17.7 Å². The lowest BCUT2D eigenvalue weighted by atomic mass is 10.1. The van der Waals surface area contributed by atoms with Gasteiger partial charge in [-0.1, -0.05) is 50.0 Å². The largest absolute Gasteiger partial charge is 0.437 e. The third kappa shape index (κ3) is 5.90. The number of ether oxygens (including phenoxy) is 1. The Bertz CT molecular complexity index is 1270. The number of carbonyl (C=O) groups excluding carboxylic acids is 1. The molecule has 2 aromatic heterocycles. The SMILES string of the molecule is C[Si](C)(C)CCCC(=O)O[C@@]1(c2ccc(-c3ccc(-c4cncnc4)cc3)s2)CCCCS1(=O)=O. The average Bonchev–Trinajstić information content (AvgIpc) is 3.31. The van der Waals surface area contributed by atoms with Gasteiger partial charge in [-0.15, -0.1) is 11.3 Å². The molecule has 1 aromatic carbocycles. The second kappa shape index (κ2) is 10.3. The van der Waals surface area contributed by atoms with Gasteiger partial charge in [-0.05, 0) is 42.5 Å². The number of sulfone groups is 1. The van der Waals surface area contributed by atoms with Gasteiger partial charge >= 0.3 is 5.97 Å². The molecule has 1 saturated heterocycles. The van der Waals surface area contributed by atoms with Crippen molar-refractivity contribution in [3.05, 3.63) is 60.0 Å². The van der Waals surface area contributed by atoms with E-state index in [4.69, 9.17) is 4.74 Å². The number of carbonyl (C=O) groups is 1.